The normalized spacial score (nSPS) is 11.2. The van der Waals surface area contributed by atoms with Crippen molar-refractivity contribution in [3.8, 4) is 0 Å². The number of carbonyl (C=O) groups is 1. The van der Waals surface area contributed by atoms with Crippen LogP contribution in [0.3, 0.4) is 0 Å². The number of nitrogens with zero attached hydrogens (tertiary/aromatic N) is 2. The molecule has 3 aromatic carbocycles. The molecular weight excluding hydrogens is 396 g/mol. The molecule has 0 fully saturated rings. The molecule has 3 rings (SSSR count). The maximum Gasteiger partial charge on any atom is 0.264 e. The Kier molecular flexibility index (Phi) is 6.27. The molecule has 0 saturated heterocycles. The highest BCUT2D eigenvalue weighted by atomic mass is 32.2. The average Bonchev–Trinajstić information content (AvgIpc) is 2.73. The number of hydrogen-bond acceptors (Lipinski definition) is 3. The van der Waals surface area contributed by atoms with Crippen LogP contribution in [0, 0.1) is 13.8 Å². The quantitative estimate of drug-likeness (QED) is 0.592. The van der Waals surface area contributed by atoms with E-state index in [2.05, 4.69) is 0 Å². The molecule has 0 bridgehead atoms. The Morgan fingerprint density at radius 2 is 1.50 bits per heavy atom. The molecule has 0 aliphatic heterocycles. The fourth-order valence-electron chi connectivity index (χ4n) is 3.29. The second-order valence-corrected chi connectivity index (χ2v) is 9.40. The van der Waals surface area contributed by atoms with E-state index in [0.717, 1.165) is 11.1 Å². The van der Waals surface area contributed by atoms with Gasteiger partial charge in [-0.25, -0.2) is 8.42 Å². The number of hydrogen-bond donors (Lipinski definition) is 0. The molecule has 0 heterocycles. The van der Waals surface area contributed by atoms with Crippen LogP contribution < -0.4 is 4.31 Å². The summed E-state index contributed by atoms with van der Waals surface area (Å²) in [6.07, 6.45) is 0. The Bertz CT molecular complexity index is 1140. The third-order valence-corrected chi connectivity index (χ3v) is 6.86. The molecule has 0 spiro atoms. The van der Waals surface area contributed by atoms with Crippen molar-refractivity contribution in [2.24, 2.45) is 0 Å². The molecule has 1 amide bonds. The van der Waals surface area contributed by atoms with Crippen LogP contribution in [0.4, 0.5) is 5.69 Å². The molecule has 0 N–H and O–H groups in total. The van der Waals surface area contributed by atoms with Gasteiger partial charge in [-0.3, -0.25) is 9.10 Å². The molecule has 0 aromatic heterocycles. The van der Waals surface area contributed by atoms with E-state index in [1.807, 2.05) is 44.2 Å². The maximum atomic E-state index is 13.0. The van der Waals surface area contributed by atoms with Crippen LogP contribution in [0.5, 0.6) is 0 Å². The van der Waals surface area contributed by atoms with E-state index in [9.17, 15) is 13.2 Å². The largest absolute Gasteiger partial charge is 0.337 e. The third-order valence-electron chi connectivity index (χ3n) is 5.07. The number of rotatable bonds is 6. The monoisotopic (exact) mass is 422 g/mol. The van der Waals surface area contributed by atoms with Crippen molar-refractivity contribution < 1.29 is 13.2 Å². The SMILES string of the molecule is Cc1ccc(S(=O)(=O)N(C)c2ccc(C(=O)N(C)Cc3ccccc3)cc2C)cc1. The first-order chi connectivity index (χ1) is 14.2. The predicted molar refractivity (Wildman–Crippen MR) is 120 cm³/mol. The van der Waals surface area contributed by atoms with Gasteiger partial charge in [0.05, 0.1) is 10.6 Å². The van der Waals surface area contributed by atoms with Gasteiger partial charge in [0.15, 0.2) is 0 Å². The van der Waals surface area contributed by atoms with Gasteiger partial charge >= 0.3 is 0 Å². The first kappa shape index (κ1) is 21.6. The Labute approximate surface area is 178 Å². The first-order valence-corrected chi connectivity index (χ1v) is 11.1. The van der Waals surface area contributed by atoms with Gasteiger partial charge in [-0.05, 0) is 55.3 Å². The maximum absolute atomic E-state index is 13.0. The number of aryl methyl sites for hydroxylation is 2. The average molecular weight is 423 g/mol. The van der Waals surface area contributed by atoms with Crippen molar-refractivity contribution in [1.82, 2.24) is 4.90 Å². The molecule has 0 unspecified atom stereocenters. The number of amides is 1. The van der Waals surface area contributed by atoms with E-state index in [-0.39, 0.29) is 10.8 Å². The van der Waals surface area contributed by atoms with Gasteiger partial charge in [-0.1, -0.05) is 48.0 Å². The van der Waals surface area contributed by atoms with Crippen LogP contribution in [0.1, 0.15) is 27.0 Å². The topological polar surface area (TPSA) is 57.7 Å². The van der Waals surface area contributed by atoms with Crippen molar-refractivity contribution in [2.75, 3.05) is 18.4 Å². The summed E-state index contributed by atoms with van der Waals surface area (Å²) in [5, 5.41) is 0. The van der Waals surface area contributed by atoms with Crippen molar-refractivity contribution in [3.63, 3.8) is 0 Å². The highest BCUT2D eigenvalue weighted by Crippen LogP contribution is 2.27. The third kappa shape index (κ3) is 4.54. The zero-order valence-corrected chi connectivity index (χ0v) is 18.5. The summed E-state index contributed by atoms with van der Waals surface area (Å²) in [6.45, 7) is 4.22. The van der Waals surface area contributed by atoms with Crippen LogP contribution in [-0.2, 0) is 16.6 Å². The van der Waals surface area contributed by atoms with E-state index in [1.165, 1.54) is 11.4 Å². The fourth-order valence-corrected chi connectivity index (χ4v) is 4.55. The molecule has 156 valence electrons. The van der Waals surface area contributed by atoms with Crippen molar-refractivity contribution in [3.05, 3.63) is 95.1 Å². The second-order valence-electron chi connectivity index (χ2n) is 7.43. The lowest BCUT2D eigenvalue weighted by molar-refractivity contribution is 0.0785. The Morgan fingerprint density at radius 1 is 0.867 bits per heavy atom. The van der Waals surface area contributed by atoms with Crippen LogP contribution in [-0.4, -0.2) is 33.3 Å². The molecular formula is C24H26N2O3S. The molecule has 30 heavy (non-hydrogen) atoms. The van der Waals surface area contributed by atoms with Crippen LogP contribution in [0.15, 0.2) is 77.7 Å². The second kappa shape index (κ2) is 8.71. The van der Waals surface area contributed by atoms with Gasteiger partial charge in [-0.15, -0.1) is 0 Å². The van der Waals surface area contributed by atoms with Crippen molar-refractivity contribution >= 4 is 21.6 Å². The Morgan fingerprint density at radius 3 is 2.10 bits per heavy atom. The van der Waals surface area contributed by atoms with Crippen LogP contribution in [0.2, 0.25) is 0 Å². The number of benzene rings is 3. The summed E-state index contributed by atoms with van der Waals surface area (Å²) in [6, 6.07) is 21.6. The summed E-state index contributed by atoms with van der Waals surface area (Å²) >= 11 is 0. The van der Waals surface area contributed by atoms with E-state index < -0.39 is 10.0 Å². The fraction of sp³-hybridized carbons (Fsp3) is 0.208. The highest BCUT2D eigenvalue weighted by molar-refractivity contribution is 7.92. The minimum absolute atomic E-state index is 0.113. The van der Waals surface area contributed by atoms with Gasteiger partial charge in [0.1, 0.15) is 0 Å². The lowest BCUT2D eigenvalue weighted by atomic mass is 10.1. The molecule has 0 saturated carbocycles. The lowest BCUT2D eigenvalue weighted by Gasteiger charge is -2.23. The minimum atomic E-state index is -3.68. The summed E-state index contributed by atoms with van der Waals surface area (Å²) < 4.78 is 27.2. The van der Waals surface area contributed by atoms with Crippen LogP contribution in [0.25, 0.3) is 0 Å². The van der Waals surface area contributed by atoms with E-state index in [4.69, 9.17) is 0 Å². The summed E-state index contributed by atoms with van der Waals surface area (Å²) in [7, 11) is -0.399. The first-order valence-electron chi connectivity index (χ1n) is 9.66. The number of sulfonamides is 1. The van der Waals surface area contributed by atoms with Gasteiger partial charge < -0.3 is 4.90 Å². The van der Waals surface area contributed by atoms with Gasteiger partial charge in [-0.2, -0.15) is 0 Å². The number of carbonyl (C=O) groups excluding carboxylic acids is 1. The lowest BCUT2D eigenvalue weighted by Crippen LogP contribution is -2.28. The molecule has 3 aromatic rings. The molecule has 5 nitrogen and oxygen atoms in total. The molecule has 6 heteroatoms. The smallest absolute Gasteiger partial charge is 0.264 e. The van der Waals surface area contributed by atoms with Gasteiger partial charge in [0.25, 0.3) is 15.9 Å². The van der Waals surface area contributed by atoms with Crippen LogP contribution >= 0.6 is 0 Å². The summed E-state index contributed by atoms with van der Waals surface area (Å²) in [5.41, 5.74) is 3.82. The molecule has 0 aliphatic rings. The summed E-state index contributed by atoms with van der Waals surface area (Å²) in [4.78, 5) is 14.7. The van der Waals surface area contributed by atoms with Gasteiger partial charge in [0, 0.05) is 26.2 Å². The van der Waals surface area contributed by atoms with E-state index >= 15 is 0 Å². The minimum Gasteiger partial charge on any atom is -0.337 e. The zero-order valence-electron chi connectivity index (χ0n) is 17.7. The van der Waals surface area contributed by atoms with Crippen molar-refractivity contribution in [1.29, 1.82) is 0 Å². The van der Waals surface area contributed by atoms with Gasteiger partial charge in [0.2, 0.25) is 0 Å². The molecule has 0 aliphatic carbocycles. The summed E-state index contributed by atoms with van der Waals surface area (Å²) in [5.74, 6) is -0.113. The number of anilines is 1. The molecule has 0 atom stereocenters. The predicted octanol–water partition coefficient (Wildman–Crippen LogP) is 4.40. The van der Waals surface area contributed by atoms with E-state index in [1.54, 1.807) is 54.4 Å². The van der Waals surface area contributed by atoms with Crippen molar-refractivity contribution in [2.45, 2.75) is 25.3 Å². The Balaban J connectivity index is 1.82. The zero-order chi connectivity index (χ0) is 21.9. The Hall–Kier alpha value is -3.12. The molecule has 0 radical (unpaired) electrons. The van der Waals surface area contributed by atoms with E-state index in [0.29, 0.717) is 23.4 Å². The standard InChI is InChI=1S/C24H26N2O3S/c1-18-10-13-22(14-11-18)30(28,29)26(4)23-15-12-21(16-19(23)2)24(27)25(3)17-20-8-6-5-7-9-20/h5-16H,17H2,1-4H3. The highest BCUT2D eigenvalue weighted by Gasteiger charge is 2.23.